The lowest BCUT2D eigenvalue weighted by Crippen LogP contribution is -1.87. The first kappa shape index (κ1) is 9.36. The Bertz CT molecular complexity index is 629. The Balaban J connectivity index is 2.39. The number of aromatic nitrogens is 1. The number of rotatable bonds is 1. The van der Waals surface area contributed by atoms with Gasteiger partial charge in [-0.3, -0.25) is 0 Å². The standard InChI is InChI=1S/C13H10N2S/c14-10-7-9-3-1-2-4-11(9)12(8-10)13-15-5-6-16-13/h1-8H,14H2. The molecular weight excluding hydrogens is 216 g/mol. The summed E-state index contributed by atoms with van der Waals surface area (Å²) in [5, 5.41) is 5.36. The Morgan fingerprint density at radius 3 is 2.81 bits per heavy atom. The number of nitrogens with zero attached hydrogens (tertiary/aromatic N) is 1. The zero-order chi connectivity index (χ0) is 11.0. The minimum Gasteiger partial charge on any atom is -0.399 e. The van der Waals surface area contributed by atoms with Crippen molar-refractivity contribution in [3.63, 3.8) is 0 Å². The van der Waals surface area contributed by atoms with E-state index in [0.717, 1.165) is 21.6 Å². The average Bonchev–Trinajstić information content (AvgIpc) is 2.81. The highest BCUT2D eigenvalue weighted by molar-refractivity contribution is 7.13. The smallest absolute Gasteiger partial charge is 0.123 e. The molecule has 0 fully saturated rings. The normalized spacial score (nSPS) is 10.8. The molecule has 3 rings (SSSR count). The molecule has 2 nitrogen and oxygen atoms in total. The molecule has 1 heterocycles. The molecule has 0 aliphatic rings. The Morgan fingerprint density at radius 1 is 1.12 bits per heavy atom. The van der Waals surface area contributed by atoms with Crippen LogP contribution in [0.15, 0.2) is 48.0 Å². The van der Waals surface area contributed by atoms with Gasteiger partial charge in [-0.1, -0.05) is 24.3 Å². The van der Waals surface area contributed by atoms with Gasteiger partial charge >= 0.3 is 0 Å². The summed E-state index contributed by atoms with van der Waals surface area (Å²) in [5.74, 6) is 0. The highest BCUT2D eigenvalue weighted by atomic mass is 32.1. The molecule has 16 heavy (non-hydrogen) atoms. The van der Waals surface area contributed by atoms with Gasteiger partial charge in [0, 0.05) is 22.8 Å². The molecule has 0 saturated carbocycles. The Labute approximate surface area is 97.4 Å². The summed E-state index contributed by atoms with van der Waals surface area (Å²) >= 11 is 1.63. The zero-order valence-electron chi connectivity index (χ0n) is 8.55. The minimum atomic E-state index is 0.781. The first-order chi connectivity index (χ1) is 7.84. The zero-order valence-corrected chi connectivity index (χ0v) is 9.37. The molecule has 78 valence electrons. The summed E-state index contributed by atoms with van der Waals surface area (Å²) in [4.78, 5) is 4.34. The Morgan fingerprint density at radius 2 is 2.00 bits per heavy atom. The third-order valence-electron chi connectivity index (χ3n) is 2.55. The molecule has 0 aliphatic carbocycles. The van der Waals surface area contributed by atoms with E-state index in [-0.39, 0.29) is 0 Å². The van der Waals surface area contributed by atoms with Crippen LogP contribution in [0.5, 0.6) is 0 Å². The van der Waals surface area contributed by atoms with E-state index >= 15 is 0 Å². The van der Waals surface area contributed by atoms with Crippen LogP contribution in [0.1, 0.15) is 0 Å². The number of hydrogen-bond acceptors (Lipinski definition) is 3. The molecule has 0 aliphatic heterocycles. The number of nitrogen functional groups attached to an aromatic ring is 1. The molecule has 0 spiro atoms. The van der Waals surface area contributed by atoms with E-state index in [1.54, 1.807) is 11.3 Å². The van der Waals surface area contributed by atoms with Crippen molar-refractivity contribution in [1.82, 2.24) is 4.98 Å². The number of anilines is 1. The molecule has 0 saturated heterocycles. The van der Waals surface area contributed by atoms with Gasteiger partial charge in [-0.25, -0.2) is 4.98 Å². The van der Waals surface area contributed by atoms with Gasteiger partial charge < -0.3 is 5.73 Å². The number of hydrogen-bond donors (Lipinski definition) is 1. The van der Waals surface area contributed by atoms with Crippen molar-refractivity contribution < 1.29 is 0 Å². The first-order valence-electron chi connectivity index (χ1n) is 5.03. The first-order valence-corrected chi connectivity index (χ1v) is 5.91. The van der Waals surface area contributed by atoms with E-state index < -0.39 is 0 Å². The summed E-state index contributed by atoms with van der Waals surface area (Å²) in [5.41, 5.74) is 7.81. The van der Waals surface area contributed by atoms with Gasteiger partial charge in [0.05, 0.1) is 0 Å². The van der Waals surface area contributed by atoms with E-state index in [9.17, 15) is 0 Å². The van der Waals surface area contributed by atoms with Crippen LogP contribution in [0.2, 0.25) is 0 Å². The SMILES string of the molecule is Nc1cc(-c2nccs2)c2ccccc2c1. The van der Waals surface area contributed by atoms with E-state index in [1.165, 1.54) is 5.39 Å². The van der Waals surface area contributed by atoms with E-state index in [1.807, 2.05) is 35.8 Å². The van der Waals surface area contributed by atoms with Gasteiger partial charge in [0.1, 0.15) is 5.01 Å². The van der Waals surface area contributed by atoms with Crippen molar-refractivity contribution >= 4 is 27.8 Å². The summed E-state index contributed by atoms with van der Waals surface area (Å²) in [6, 6.07) is 12.2. The second-order valence-electron chi connectivity index (χ2n) is 3.63. The fourth-order valence-electron chi connectivity index (χ4n) is 1.87. The van der Waals surface area contributed by atoms with Gasteiger partial charge in [-0.05, 0) is 22.9 Å². The fraction of sp³-hybridized carbons (Fsp3) is 0. The van der Waals surface area contributed by atoms with Crippen LogP contribution in [0.3, 0.4) is 0 Å². The lowest BCUT2D eigenvalue weighted by Gasteiger charge is -2.05. The quantitative estimate of drug-likeness (QED) is 0.644. The number of nitrogens with two attached hydrogens (primary N) is 1. The topological polar surface area (TPSA) is 38.9 Å². The number of fused-ring (bicyclic) bond motifs is 1. The summed E-state index contributed by atoms with van der Waals surface area (Å²) in [7, 11) is 0. The molecule has 0 atom stereocenters. The molecule has 0 unspecified atom stereocenters. The molecule has 0 bridgehead atoms. The van der Waals surface area contributed by atoms with Crippen LogP contribution in [0.25, 0.3) is 21.3 Å². The maximum absolute atomic E-state index is 5.91. The van der Waals surface area contributed by atoms with Gasteiger partial charge in [0.2, 0.25) is 0 Å². The maximum atomic E-state index is 5.91. The third kappa shape index (κ3) is 1.46. The van der Waals surface area contributed by atoms with Gasteiger partial charge in [-0.2, -0.15) is 0 Å². The Hall–Kier alpha value is -1.87. The number of benzene rings is 2. The van der Waals surface area contributed by atoms with Crippen molar-refractivity contribution in [3.05, 3.63) is 48.0 Å². The van der Waals surface area contributed by atoms with Crippen molar-refractivity contribution in [2.24, 2.45) is 0 Å². The lowest BCUT2D eigenvalue weighted by atomic mass is 10.0. The van der Waals surface area contributed by atoms with Crippen molar-refractivity contribution in [2.45, 2.75) is 0 Å². The predicted molar refractivity (Wildman–Crippen MR) is 69.5 cm³/mol. The third-order valence-corrected chi connectivity index (χ3v) is 3.35. The van der Waals surface area contributed by atoms with E-state index in [2.05, 4.69) is 17.1 Å². The highest BCUT2D eigenvalue weighted by Crippen LogP contribution is 2.32. The van der Waals surface area contributed by atoms with E-state index in [0.29, 0.717) is 0 Å². The van der Waals surface area contributed by atoms with Crippen LogP contribution >= 0.6 is 11.3 Å². The predicted octanol–water partition coefficient (Wildman–Crippen LogP) is 3.55. The van der Waals surface area contributed by atoms with Crippen LogP contribution in [-0.4, -0.2) is 4.98 Å². The molecule has 1 aromatic heterocycles. The van der Waals surface area contributed by atoms with E-state index in [4.69, 9.17) is 5.73 Å². The fourth-order valence-corrected chi connectivity index (χ4v) is 2.54. The molecular formula is C13H10N2S. The molecule has 2 N–H and O–H groups in total. The van der Waals surface area contributed by atoms with Gasteiger partial charge in [0.25, 0.3) is 0 Å². The second-order valence-corrected chi connectivity index (χ2v) is 4.52. The summed E-state index contributed by atoms with van der Waals surface area (Å²) in [6.45, 7) is 0. The molecule has 2 aromatic carbocycles. The largest absolute Gasteiger partial charge is 0.399 e. The van der Waals surface area contributed by atoms with Gasteiger partial charge in [0.15, 0.2) is 0 Å². The Kier molecular flexibility index (Phi) is 2.11. The minimum absolute atomic E-state index is 0.781. The van der Waals surface area contributed by atoms with Crippen LogP contribution < -0.4 is 5.73 Å². The van der Waals surface area contributed by atoms with Crippen LogP contribution in [0, 0.1) is 0 Å². The molecule has 3 aromatic rings. The second kappa shape index (κ2) is 3.61. The van der Waals surface area contributed by atoms with Crippen molar-refractivity contribution in [3.8, 4) is 10.6 Å². The van der Waals surface area contributed by atoms with Crippen molar-refractivity contribution in [1.29, 1.82) is 0 Å². The highest BCUT2D eigenvalue weighted by Gasteiger charge is 2.06. The van der Waals surface area contributed by atoms with Crippen LogP contribution in [0.4, 0.5) is 5.69 Å². The van der Waals surface area contributed by atoms with Gasteiger partial charge in [-0.15, -0.1) is 11.3 Å². The molecule has 3 heteroatoms. The van der Waals surface area contributed by atoms with Crippen LogP contribution in [-0.2, 0) is 0 Å². The summed E-state index contributed by atoms with van der Waals surface area (Å²) < 4.78 is 0. The number of thiazole rings is 1. The molecule has 0 amide bonds. The summed E-state index contributed by atoms with van der Waals surface area (Å²) in [6.07, 6.45) is 1.82. The molecule has 0 radical (unpaired) electrons. The monoisotopic (exact) mass is 226 g/mol. The lowest BCUT2D eigenvalue weighted by molar-refractivity contribution is 1.42. The van der Waals surface area contributed by atoms with Crippen molar-refractivity contribution in [2.75, 3.05) is 5.73 Å². The maximum Gasteiger partial charge on any atom is 0.123 e. The average molecular weight is 226 g/mol.